The smallest absolute Gasteiger partial charge is 0.268 e. The van der Waals surface area contributed by atoms with Crippen molar-refractivity contribution in [2.75, 3.05) is 6.54 Å². The van der Waals surface area contributed by atoms with Gasteiger partial charge in [-0.15, -0.1) is 0 Å². The molecule has 2 aromatic carbocycles. The lowest BCUT2D eigenvalue weighted by atomic mass is 10.1. The normalized spacial score (nSPS) is 14.2. The van der Waals surface area contributed by atoms with E-state index in [4.69, 9.17) is 0 Å². The molecule has 1 aromatic heterocycles. The van der Waals surface area contributed by atoms with Crippen LogP contribution in [0.15, 0.2) is 47.5 Å². The zero-order valence-corrected chi connectivity index (χ0v) is 15.8. The number of aromatic nitrogens is 1. The van der Waals surface area contributed by atoms with E-state index in [2.05, 4.69) is 4.99 Å². The first-order valence-electron chi connectivity index (χ1n) is 8.82. The first kappa shape index (κ1) is 18.2. The average molecular weight is 397 g/mol. The Hall–Kier alpha value is -3.13. The van der Waals surface area contributed by atoms with Crippen LogP contribution in [0, 0.1) is 5.82 Å². The lowest BCUT2D eigenvalue weighted by Gasteiger charge is -2.10. The summed E-state index contributed by atoms with van der Waals surface area (Å²) in [7, 11) is 0. The molecule has 1 aliphatic rings. The molecule has 0 N–H and O–H groups in total. The first-order chi connectivity index (χ1) is 13.5. The van der Waals surface area contributed by atoms with E-state index in [1.165, 1.54) is 17.4 Å². The highest BCUT2D eigenvalue weighted by molar-refractivity contribution is 7.16. The van der Waals surface area contributed by atoms with E-state index in [1.807, 2.05) is 6.92 Å². The lowest BCUT2D eigenvalue weighted by Crippen LogP contribution is -2.35. The zero-order valence-electron chi connectivity index (χ0n) is 15.0. The van der Waals surface area contributed by atoms with Crippen molar-refractivity contribution in [1.29, 1.82) is 0 Å². The molecule has 3 amide bonds. The summed E-state index contributed by atoms with van der Waals surface area (Å²) in [5, 5.41) is 0. The van der Waals surface area contributed by atoms with E-state index in [0.717, 1.165) is 11.3 Å². The number of hydrogen-bond acceptors (Lipinski definition) is 4. The van der Waals surface area contributed by atoms with Crippen LogP contribution in [0.4, 0.5) is 4.39 Å². The molecular formula is C20H16FN3O3S. The number of carbonyl (C=O) groups excluding carboxylic acids is 3. The van der Waals surface area contributed by atoms with Gasteiger partial charge in [0.15, 0.2) is 4.80 Å². The number of rotatable bonds is 4. The summed E-state index contributed by atoms with van der Waals surface area (Å²) in [6.45, 7) is 2.00. The van der Waals surface area contributed by atoms with Crippen molar-refractivity contribution in [2.45, 2.75) is 19.9 Å². The third kappa shape index (κ3) is 2.95. The molecule has 0 radical (unpaired) electrons. The van der Waals surface area contributed by atoms with Gasteiger partial charge in [0.2, 0.25) is 0 Å². The van der Waals surface area contributed by atoms with E-state index in [0.29, 0.717) is 21.6 Å². The molecule has 28 heavy (non-hydrogen) atoms. The Kier molecular flexibility index (Phi) is 4.64. The average Bonchev–Trinajstić information content (AvgIpc) is 3.14. The minimum Gasteiger partial charge on any atom is -0.314 e. The summed E-state index contributed by atoms with van der Waals surface area (Å²) in [5.74, 6) is -2.02. The van der Waals surface area contributed by atoms with Gasteiger partial charge in [-0.2, -0.15) is 4.99 Å². The van der Waals surface area contributed by atoms with Gasteiger partial charge in [0.25, 0.3) is 17.7 Å². The van der Waals surface area contributed by atoms with Crippen molar-refractivity contribution < 1.29 is 18.8 Å². The van der Waals surface area contributed by atoms with E-state index in [-0.39, 0.29) is 16.9 Å². The summed E-state index contributed by atoms with van der Waals surface area (Å²) in [4.78, 5) is 42.7. The Balaban J connectivity index is 1.68. The van der Waals surface area contributed by atoms with Crippen molar-refractivity contribution in [2.24, 2.45) is 4.99 Å². The molecule has 8 heteroatoms. The monoisotopic (exact) mass is 397 g/mol. The molecule has 0 unspecified atom stereocenters. The van der Waals surface area contributed by atoms with Gasteiger partial charge in [0.1, 0.15) is 12.4 Å². The fourth-order valence-corrected chi connectivity index (χ4v) is 4.35. The Morgan fingerprint density at radius 3 is 2.39 bits per heavy atom. The van der Waals surface area contributed by atoms with Crippen molar-refractivity contribution in [3.63, 3.8) is 0 Å². The van der Waals surface area contributed by atoms with Gasteiger partial charge in [0.05, 0.1) is 21.3 Å². The van der Waals surface area contributed by atoms with Crippen molar-refractivity contribution in [3.8, 4) is 0 Å². The molecule has 1 aliphatic heterocycles. The van der Waals surface area contributed by atoms with Crippen LogP contribution in [0.2, 0.25) is 0 Å². The van der Waals surface area contributed by atoms with Gasteiger partial charge < -0.3 is 4.57 Å². The molecule has 142 valence electrons. The van der Waals surface area contributed by atoms with Crippen molar-refractivity contribution in [3.05, 3.63) is 64.2 Å². The van der Waals surface area contributed by atoms with Crippen LogP contribution >= 0.6 is 11.3 Å². The first-order valence-corrected chi connectivity index (χ1v) is 9.63. The van der Waals surface area contributed by atoms with Crippen LogP contribution in [0.5, 0.6) is 0 Å². The molecule has 0 fully saturated rings. The summed E-state index contributed by atoms with van der Waals surface area (Å²) in [6, 6.07) is 11.2. The van der Waals surface area contributed by atoms with Crippen molar-refractivity contribution >= 4 is 39.3 Å². The summed E-state index contributed by atoms with van der Waals surface area (Å²) >= 11 is 1.20. The number of carbonyl (C=O) groups is 3. The predicted octanol–water partition coefficient (Wildman–Crippen LogP) is 2.98. The van der Waals surface area contributed by atoms with Crippen LogP contribution in [0.3, 0.4) is 0 Å². The summed E-state index contributed by atoms with van der Waals surface area (Å²) in [6.07, 6.45) is 0.736. The van der Waals surface area contributed by atoms with Gasteiger partial charge in [-0.3, -0.25) is 19.3 Å². The number of amides is 3. The van der Waals surface area contributed by atoms with Crippen LogP contribution in [-0.4, -0.2) is 33.7 Å². The molecular weight excluding hydrogens is 381 g/mol. The Morgan fingerprint density at radius 2 is 1.75 bits per heavy atom. The number of thiazole rings is 1. The van der Waals surface area contributed by atoms with Crippen LogP contribution in [0.1, 0.15) is 34.1 Å². The van der Waals surface area contributed by atoms with Crippen LogP contribution < -0.4 is 4.80 Å². The maximum absolute atomic E-state index is 14.3. The van der Waals surface area contributed by atoms with Gasteiger partial charge in [-0.25, -0.2) is 4.39 Å². The molecule has 2 heterocycles. The SMILES string of the molecule is CCCn1c(=NC(=O)CN2C(=O)c3ccccc3C2=O)sc2cccc(F)c21. The number of nitrogens with zero attached hydrogens (tertiary/aromatic N) is 3. The standard InChI is InChI=1S/C20H16FN3O3S/c1-2-10-23-17-14(21)8-5-9-15(17)28-20(23)22-16(25)11-24-18(26)12-6-3-4-7-13(12)19(24)27/h3-9H,2,10-11H2,1H3. The minimum absolute atomic E-state index is 0.283. The molecule has 6 nitrogen and oxygen atoms in total. The Morgan fingerprint density at radius 1 is 1.07 bits per heavy atom. The highest BCUT2D eigenvalue weighted by atomic mass is 32.1. The maximum Gasteiger partial charge on any atom is 0.268 e. The van der Waals surface area contributed by atoms with E-state index in [1.54, 1.807) is 41.0 Å². The Labute approximate surface area is 163 Å². The third-order valence-electron chi connectivity index (χ3n) is 4.49. The summed E-state index contributed by atoms with van der Waals surface area (Å²) in [5.41, 5.74) is 0.970. The van der Waals surface area contributed by atoms with Crippen molar-refractivity contribution in [1.82, 2.24) is 9.47 Å². The molecule has 4 rings (SSSR count). The Bertz CT molecular complexity index is 1160. The number of halogens is 1. The second kappa shape index (κ2) is 7.12. The topological polar surface area (TPSA) is 71.7 Å². The quantitative estimate of drug-likeness (QED) is 0.636. The lowest BCUT2D eigenvalue weighted by molar-refractivity contribution is -0.118. The maximum atomic E-state index is 14.3. The molecule has 3 aromatic rings. The van der Waals surface area contributed by atoms with Gasteiger partial charge in [-0.05, 0) is 30.7 Å². The molecule has 0 saturated carbocycles. The fraction of sp³-hybridized carbons (Fsp3) is 0.200. The molecule has 0 spiro atoms. The number of imide groups is 1. The highest BCUT2D eigenvalue weighted by Gasteiger charge is 2.36. The highest BCUT2D eigenvalue weighted by Crippen LogP contribution is 2.23. The van der Waals surface area contributed by atoms with E-state index >= 15 is 0 Å². The number of hydrogen-bond donors (Lipinski definition) is 0. The summed E-state index contributed by atoms with van der Waals surface area (Å²) < 4.78 is 16.6. The van der Waals surface area contributed by atoms with Gasteiger partial charge >= 0.3 is 0 Å². The molecule has 0 atom stereocenters. The third-order valence-corrected chi connectivity index (χ3v) is 5.53. The van der Waals surface area contributed by atoms with Crippen LogP contribution in [-0.2, 0) is 11.3 Å². The van der Waals surface area contributed by atoms with Gasteiger partial charge in [-0.1, -0.05) is 36.5 Å². The second-order valence-electron chi connectivity index (χ2n) is 6.37. The van der Waals surface area contributed by atoms with Crippen LogP contribution in [0.25, 0.3) is 10.2 Å². The second-order valence-corrected chi connectivity index (χ2v) is 7.38. The molecule has 0 saturated heterocycles. The minimum atomic E-state index is -0.633. The zero-order chi connectivity index (χ0) is 19.8. The van der Waals surface area contributed by atoms with E-state index < -0.39 is 24.3 Å². The van der Waals surface area contributed by atoms with E-state index in [9.17, 15) is 18.8 Å². The largest absolute Gasteiger partial charge is 0.314 e. The number of benzene rings is 2. The number of aryl methyl sites for hydroxylation is 1. The van der Waals surface area contributed by atoms with Gasteiger partial charge in [0, 0.05) is 6.54 Å². The molecule has 0 bridgehead atoms. The predicted molar refractivity (Wildman–Crippen MR) is 102 cm³/mol. The fourth-order valence-electron chi connectivity index (χ4n) is 3.26. The molecule has 0 aliphatic carbocycles. The number of fused-ring (bicyclic) bond motifs is 2. The number of para-hydroxylation sites is 1.